The van der Waals surface area contributed by atoms with Crippen molar-refractivity contribution in [3.63, 3.8) is 0 Å². The topological polar surface area (TPSA) is 80.3 Å². The molecule has 1 heterocycles. The zero-order valence-electron chi connectivity index (χ0n) is 10.7. The van der Waals surface area contributed by atoms with Crippen LogP contribution in [-0.4, -0.2) is 29.5 Å². The third kappa shape index (κ3) is 3.69. The molecule has 0 radical (unpaired) electrons. The minimum Gasteiger partial charge on any atom is -0.462 e. The van der Waals surface area contributed by atoms with Crippen molar-refractivity contribution in [2.75, 3.05) is 18.5 Å². The minimum atomic E-state index is -0.463. The maximum atomic E-state index is 11.7. The van der Waals surface area contributed by atoms with Crippen LogP contribution in [0.15, 0.2) is 0 Å². The Morgan fingerprint density at radius 1 is 1.39 bits per heavy atom. The summed E-state index contributed by atoms with van der Waals surface area (Å²) >= 11 is 1.07. The van der Waals surface area contributed by atoms with Crippen LogP contribution in [0.5, 0.6) is 0 Å². The van der Waals surface area contributed by atoms with Crippen LogP contribution < -0.4 is 10.6 Å². The maximum Gasteiger partial charge on any atom is 0.343 e. The largest absolute Gasteiger partial charge is 0.462 e. The Bertz CT molecular complexity index is 431. The van der Waals surface area contributed by atoms with E-state index in [-0.39, 0.29) is 12.6 Å². The fraction of sp³-hybridized carbons (Fsp3) is 0.545. The van der Waals surface area contributed by atoms with Crippen molar-refractivity contribution in [3.8, 4) is 0 Å². The lowest BCUT2D eigenvalue weighted by Gasteiger charge is -2.06. The minimum absolute atomic E-state index is 0.287. The van der Waals surface area contributed by atoms with Gasteiger partial charge in [-0.05, 0) is 31.8 Å². The van der Waals surface area contributed by atoms with E-state index in [0.717, 1.165) is 18.0 Å². The first-order valence-electron chi connectivity index (χ1n) is 5.78. The molecule has 0 aliphatic rings. The highest BCUT2D eigenvalue weighted by Crippen LogP contribution is 2.25. The lowest BCUT2D eigenvalue weighted by Crippen LogP contribution is -2.29. The highest BCUT2D eigenvalue weighted by molar-refractivity contribution is 7.11. The Morgan fingerprint density at radius 3 is 2.72 bits per heavy atom. The van der Waals surface area contributed by atoms with Crippen molar-refractivity contribution < 1.29 is 14.3 Å². The number of carbonyl (C=O) groups is 2. The van der Waals surface area contributed by atoms with Crippen LogP contribution >= 0.6 is 11.5 Å². The molecule has 0 atom stereocenters. The van der Waals surface area contributed by atoms with Crippen LogP contribution in [0.4, 0.5) is 9.80 Å². The van der Waals surface area contributed by atoms with Gasteiger partial charge in [0.25, 0.3) is 0 Å². The van der Waals surface area contributed by atoms with E-state index in [1.165, 1.54) is 0 Å². The molecule has 1 aromatic rings. The Hall–Kier alpha value is -1.63. The van der Waals surface area contributed by atoms with Gasteiger partial charge in [-0.1, -0.05) is 6.92 Å². The number of anilines is 1. The Balaban J connectivity index is 2.77. The van der Waals surface area contributed by atoms with E-state index < -0.39 is 5.97 Å². The lowest BCUT2D eigenvalue weighted by atomic mass is 10.2. The number of aromatic nitrogens is 1. The molecular formula is C11H17N3O3S. The van der Waals surface area contributed by atoms with Crippen molar-refractivity contribution >= 4 is 28.5 Å². The molecule has 0 spiro atoms. The van der Waals surface area contributed by atoms with Crippen molar-refractivity contribution in [1.29, 1.82) is 0 Å². The average Bonchev–Trinajstić information content (AvgIpc) is 2.68. The van der Waals surface area contributed by atoms with Crippen molar-refractivity contribution in [2.24, 2.45) is 0 Å². The smallest absolute Gasteiger partial charge is 0.343 e. The van der Waals surface area contributed by atoms with Crippen LogP contribution in [0.1, 0.15) is 36.3 Å². The van der Waals surface area contributed by atoms with E-state index in [1.54, 1.807) is 13.8 Å². The molecule has 0 fully saturated rings. The summed E-state index contributed by atoms with van der Waals surface area (Å²) in [6, 6.07) is -0.342. The fourth-order valence-electron chi connectivity index (χ4n) is 1.28. The molecule has 1 rings (SSSR count). The third-order valence-corrected chi connectivity index (χ3v) is 2.96. The summed E-state index contributed by atoms with van der Waals surface area (Å²) < 4.78 is 8.98. The van der Waals surface area contributed by atoms with Gasteiger partial charge >= 0.3 is 12.0 Å². The second-order valence-electron chi connectivity index (χ2n) is 3.57. The molecule has 6 nitrogen and oxygen atoms in total. The van der Waals surface area contributed by atoms with Gasteiger partial charge in [-0.15, -0.1) is 0 Å². The molecule has 0 saturated carbocycles. The molecule has 0 aliphatic carbocycles. The van der Waals surface area contributed by atoms with Crippen LogP contribution in [0, 0.1) is 6.92 Å². The second kappa shape index (κ2) is 6.95. The number of rotatable bonds is 5. The highest BCUT2D eigenvalue weighted by Gasteiger charge is 2.20. The summed E-state index contributed by atoms with van der Waals surface area (Å²) in [6.07, 6.45) is 0.847. The molecule has 7 heteroatoms. The molecule has 0 aliphatic heterocycles. The van der Waals surface area contributed by atoms with E-state index in [0.29, 0.717) is 22.8 Å². The summed E-state index contributed by atoms with van der Waals surface area (Å²) in [5, 5.41) is 5.69. The number of nitrogens with one attached hydrogen (secondary N) is 2. The van der Waals surface area contributed by atoms with Gasteiger partial charge in [-0.3, -0.25) is 5.32 Å². The van der Waals surface area contributed by atoms with Crippen molar-refractivity contribution in [1.82, 2.24) is 9.69 Å². The van der Waals surface area contributed by atoms with E-state index in [9.17, 15) is 9.59 Å². The Labute approximate surface area is 110 Å². The molecule has 2 amide bonds. The van der Waals surface area contributed by atoms with Gasteiger partial charge in [0.2, 0.25) is 0 Å². The van der Waals surface area contributed by atoms with Gasteiger partial charge in [-0.2, -0.15) is 4.37 Å². The zero-order chi connectivity index (χ0) is 13.5. The van der Waals surface area contributed by atoms with Gasteiger partial charge < -0.3 is 10.1 Å². The summed E-state index contributed by atoms with van der Waals surface area (Å²) in [7, 11) is 0. The van der Waals surface area contributed by atoms with Gasteiger partial charge in [0, 0.05) is 6.54 Å². The van der Waals surface area contributed by atoms with Crippen LogP contribution in [0.3, 0.4) is 0 Å². The Morgan fingerprint density at radius 2 is 2.11 bits per heavy atom. The number of urea groups is 1. The predicted molar refractivity (Wildman–Crippen MR) is 70.1 cm³/mol. The molecule has 100 valence electrons. The van der Waals surface area contributed by atoms with Crippen LogP contribution in [-0.2, 0) is 4.74 Å². The number of aryl methyl sites for hydroxylation is 1. The summed E-state index contributed by atoms with van der Waals surface area (Å²) in [4.78, 5) is 23.2. The van der Waals surface area contributed by atoms with Crippen LogP contribution in [0.2, 0.25) is 0 Å². The van der Waals surface area contributed by atoms with E-state index in [2.05, 4.69) is 15.0 Å². The number of nitrogens with zero attached hydrogens (tertiary/aromatic N) is 1. The van der Waals surface area contributed by atoms with Gasteiger partial charge in [-0.25, -0.2) is 9.59 Å². The first-order valence-corrected chi connectivity index (χ1v) is 6.55. The zero-order valence-corrected chi connectivity index (χ0v) is 11.5. The normalized spacial score (nSPS) is 9.94. The molecule has 1 aromatic heterocycles. The number of amides is 2. The molecule has 2 N–H and O–H groups in total. The number of hydrogen-bond donors (Lipinski definition) is 2. The summed E-state index contributed by atoms with van der Waals surface area (Å²) in [5.74, 6) is -0.463. The number of carbonyl (C=O) groups excluding carboxylic acids is 2. The fourth-order valence-corrected chi connectivity index (χ4v) is 2.06. The third-order valence-electron chi connectivity index (χ3n) is 2.10. The quantitative estimate of drug-likeness (QED) is 0.804. The highest BCUT2D eigenvalue weighted by atomic mass is 32.1. The Kier molecular flexibility index (Phi) is 5.57. The van der Waals surface area contributed by atoms with Crippen molar-refractivity contribution in [3.05, 3.63) is 11.3 Å². The molecule has 0 saturated heterocycles. The monoisotopic (exact) mass is 271 g/mol. The first-order chi connectivity index (χ1) is 8.60. The van der Waals surface area contributed by atoms with Crippen molar-refractivity contribution in [2.45, 2.75) is 27.2 Å². The van der Waals surface area contributed by atoms with Gasteiger partial charge in [0.15, 0.2) is 0 Å². The first kappa shape index (κ1) is 14.4. The molecule has 0 bridgehead atoms. The van der Waals surface area contributed by atoms with E-state index in [4.69, 9.17) is 4.74 Å². The summed E-state index contributed by atoms with van der Waals surface area (Å²) in [5.41, 5.74) is 0.887. The van der Waals surface area contributed by atoms with E-state index >= 15 is 0 Å². The second-order valence-corrected chi connectivity index (χ2v) is 4.35. The molecule has 18 heavy (non-hydrogen) atoms. The van der Waals surface area contributed by atoms with Crippen LogP contribution in [0.25, 0.3) is 0 Å². The number of ether oxygens (including phenoxy) is 1. The standard InChI is InChI=1S/C11H17N3O3S/c1-4-6-12-11(16)13-9-8(7(3)14-18-9)10(15)17-5-2/h4-6H2,1-3H3,(H2,12,13,16). The lowest BCUT2D eigenvalue weighted by molar-refractivity contribution is 0.0527. The van der Waals surface area contributed by atoms with E-state index in [1.807, 2.05) is 6.92 Å². The van der Waals surface area contributed by atoms with Gasteiger partial charge in [0.05, 0.1) is 12.3 Å². The van der Waals surface area contributed by atoms with Gasteiger partial charge in [0.1, 0.15) is 10.6 Å². The SMILES string of the molecule is CCCNC(=O)Nc1snc(C)c1C(=O)OCC. The predicted octanol–water partition coefficient (Wildman–Crippen LogP) is 2.16. The molecule has 0 aromatic carbocycles. The number of esters is 1. The number of hydrogen-bond acceptors (Lipinski definition) is 5. The average molecular weight is 271 g/mol. The maximum absolute atomic E-state index is 11.7. The molecular weight excluding hydrogens is 254 g/mol. The molecule has 0 unspecified atom stereocenters. The summed E-state index contributed by atoms with van der Waals surface area (Å²) in [6.45, 7) is 6.26.